The average molecular weight is 480 g/mol. The molecule has 0 atom stereocenters. The van der Waals surface area contributed by atoms with Crippen molar-refractivity contribution in [2.45, 2.75) is 13.8 Å². The average Bonchev–Trinajstić information content (AvgIpc) is 2.63. The largest absolute Gasteiger partial charge is 0.331 e. The summed E-state index contributed by atoms with van der Waals surface area (Å²) in [4.78, 5) is 23.7. The van der Waals surface area contributed by atoms with Crippen molar-refractivity contribution in [3.05, 3.63) is 68.6 Å². The Kier molecular flexibility index (Phi) is 7.23. The van der Waals surface area contributed by atoms with Gasteiger partial charge in [-0.05, 0) is 49.2 Å². The number of hydrogen-bond acceptors (Lipinski definition) is 4. The van der Waals surface area contributed by atoms with E-state index >= 15 is 0 Å². The number of benzene rings is 2. The van der Waals surface area contributed by atoms with Crippen LogP contribution in [0.15, 0.2) is 67.7 Å². The standard InChI is InChI=1S/C18H16Br2N4O2/c1-11(13-5-3-7-15(19)9-13)21-23-17(25)18(26)24-22-12(2)14-6-4-8-16(20)10-14/h3-10H,1-2H3,(H,23,25)(H,24,26)/b21-11-,22-12+. The Morgan fingerprint density at radius 2 is 1.15 bits per heavy atom. The third kappa shape index (κ3) is 5.89. The summed E-state index contributed by atoms with van der Waals surface area (Å²) in [6.45, 7) is 3.46. The highest BCUT2D eigenvalue weighted by molar-refractivity contribution is 9.10. The molecule has 2 aromatic rings. The second kappa shape index (κ2) is 9.40. The molecule has 0 aliphatic rings. The summed E-state index contributed by atoms with van der Waals surface area (Å²) in [5, 5.41) is 7.87. The van der Waals surface area contributed by atoms with Crippen molar-refractivity contribution in [1.29, 1.82) is 0 Å². The molecule has 0 unspecified atom stereocenters. The molecule has 2 N–H and O–H groups in total. The maximum Gasteiger partial charge on any atom is 0.331 e. The summed E-state index contributed by atoms with van der Waals surface area (Å²) >= 11 is 6.73. The molecule has 0 aromatic heterocycles. The van der Waals surface area contributed by atoms with Crippen LogP contribution in [0.25, 0.3) is 0 Å². The summed E-state index contributed by atoms with van der Waals surface area (Å²) in [5.74, 6) is -1.80. The van der Waals surface area contributed by atoms with Gasteiger partial charge in [-0.1, -0.05) is 56.1 Å². The van der Waals surface area contributed by atoms with E-state index in [1.54, 1.807) is 13.8 Å². The molecule has 0 spiro atoms. The van der Waals surface area contributed by atoms with E-state index in [4.69, 9.17) is 0 Å². The zero-order valence-corrected chi connectivity index (χ0v) is 17.3. The van der Waals surface area contributed by atoms with Crippen LogP contribution >= 0.6 is 31.9 Å². The van der Waals surface area contributed by atoms with Crippen LogP contribution in [0.2, 0.25) is 0 Å². The molecule has 0 radical (unpaired) electrons. The summed E-state index contributed by atoms with van der Waals surface area (Å²) in [5.41, 5.74) is 7.22. The van der Waals surface area contributed by atoms with Gasteiger partial charge in [-0.3, -0.25) is 9.59 Å². The van der Waals surface area contributed by atoms with Gasteiger partial charge in [0.05, 0.1) is 11.4 Å². The molecule has 0 saturated carbocycles. The van der Waals surface area contributed by atoms with Crippen LogP contribution in [0.5, 0.6) is 0 Å². The molecule has 0 aliphatic heterocycles. The van der Waals surface area contributed by atoms with Gasteiger partial charge in [-0.15, -0.1) is 0 Å². The number of hydrazone groups is 2. The van der Waals surface area contributed by atoms with E-state index in [2.05, 4.69) is 52.9 Å². The van der Waals surface area contributed by atoms with Crippen molar-refractivity contribution in [2.24, 2.45) is 10.2 Å². The molecule has 134 valence electrons. The van der Waals surface area contributed by atoms with Gasteiger partial charge >= 0.3 is 11.8 Å². The summed E-state index contributed by atoms with van der Waals surface area (Å²) < 4.78 is 1.79. The Hall–Kier alpha value is -2.32. The van der Waals surface area contributed by atoms with Crippen LogP contribution in [-0.4, -0.2) is 23.2 Å². The second-order valence-electron chi connectivity index (χ2n) is 5.30. The number of hydrogen-bond donors (Lipinski definition) is 2. The lowest BCUT2D eigenvalue weighted by atomic mass is 10.1. The number of halogens is 2. The fourth-order valence-electron chi connectivity index (χ4n) is 1.93. The van der Waals surface area contributed by atoms with Crippen molar-refractivity contribution < 1.29 is 9.59 Å². The highest BCUT2D eigenvalue weighted by atomic mass is 79.9. The minimum atomic E-state index is -0.898. The van der Waals surface area contributed by atoms with Crippen LogP contribution < -0.4 is 10.9 Å². The van der Waals surface area contributed by atoms with Gasteiger partial charge in [0.25, 0.3) is 0 Å². The van der Waals surface area contributed by atoms with E-state index in [0.717, 1.165) is 20.1 Å². The number of nitrogens with zero attached hydrogens (tertiary/aromatic N) is 2. The van der Waals surface area contributed by atoms with E-state index in [9.17, 15) is 9.59 Å². The maximum absolute atomic E-state index is 11.8. The molecule has 0 fully saturated rings. The van der Waals surface area contributed by atoms with Crippen molar-refractivity contribution in [1.82, 2.24) is 10.9 Å². The van der Waals surface area contributed by atoms with Gasteiger partial charge in [0.1, 0.15) is 0 Å². The van der Waals surface area contributed by atoms with Gasteiger partial charge in [-0.25, -0.2) is 10.9 Å². The van der Waals surface area contributed by atoms with Gasteiger partial charge < -0.3 is 0 Å². The van der Waals surface area contributed by atoms with Crippen molar-refractivity contribution >= 4 is 55.1 Å². The van der Waals surface area contributed by atoms with Crippen LogP contribution in [0, 0.1) is 0 Å². The zero-order valence-electron chi connectivity index (χ0n) is 14.1. The summed E-state index contributed by atoms with van der Waals surface area (Å²) in [6, 6.07) is 14.9. The Morgan fingerprint density at radius 1 is 0.769 bits per heavy atom. The number of carbonyl (C=O) groups excluding carboxylic acids is 2. The summed E-state index contributed by atoms with van der Waals surface area (Å²) in [6.07, 6.45) is 0. The lowest BCUT2D eigenvalue weighted by molar-refractivity contribution is -0.139. The Balaban J connectivity index is 1.96. The van der Waals surface area contributed by atoms with Crippen molar-refractivity contribution in [3.8, 4) is 0 Å². The second-order valence-corrected chi connectivity index (χ2v) is 7.13. The minimum absolute atomic E-state index is 0.571. The SMILES string of the molecule is C/C(=N/NC(=O)C(=O)N/N=C(\C)c1cccc(Br)c1)c1cccc(Br)c1. The normalized spacial score (nSPS) is 11.8. The smallest absolute Gasteiger partial charge is 0.262 e. The van der Waals surface area contributed by atoms with Crippen LogP contribution in [0.1, 0.15) is 25.0 Å². The fourth-order valence-corrected chi connectivity index (χ4v) is 2.73. The number of nitrogens with one attached hydrogen (secondary N) is 2. The first kappa shape index (κ1) is 20.0. The molecule has 8 heteroatoms. The predicted molar refractivity (Wildman–Crippen MR) is 109 cm³/mol. The molecule has 0 saturated heterocycles. The highest BCUT2D eigenvalue weighted by Gasteiger charge is 2.12. The fraction of sp³-hybridized carbons (Fsp3) is 0.111. The van der Waals surface area contributed by atoms with Crippen molar-refractivity contribution in [3.63, 3.8) is 0 Å². The van der Waals surface area contributed by atoms with Crippen molar-refractivity contribution in [2.75, 3.05) is 0 Å². The Bertz CT molecular complexity index is 821. The molecule has 6 nitrogen and oxygen atoms in total. The molecule has 2 rings (SSSR count). The van der Waals surface area contributed by atoms with E-state index in [1.807, 2.05) is 48.5 Å². The van der Waals surface area contributed by atoms with Crippen LogP contribution in [-0.2, 0) is 9.59 Å². The van der Waals surface area contributed by atoms with Gasteiger partial charge in [0, 0.05) is 8.95 Å². The van der Waals surface area contributed by atoms with Gasteiger partial charge in [0.15, 0.2) is 0 Å². The van der Waals surface area contributed by atoms with E-state index in [1.165, 1.54) is 0 Å². The maximum atomic E-state index is 11.8. The molecule has 0 aliphatic carbocycles. The number of rotatable bonds is 4. The molecular formula is C18H16Br2N4O2. The first-order valence-electron chi connectivity index (χ1n) is 7.57. The third-order valence-corrected chi connectivity index (χ3v) is 4.33. The monoisotopic (exact) mass is 478 g/mol. The predicted octanol–water partition coefficient (Wildman–Crippen LogP) is 3.59. The van der Waals surface area contributed by atoms with Crippen LogP contribution in [0.4, 0.5) is 0 Å². The first-order chi connectivity index (χ1) is 12.4. The molecule has 2 amide bonds. The molecule has 2 aromatic carbocycles. The number of carbonyl (C=O) groups is 2. The molecule has 0 bridgehead atoms. The van der Waals surface area contributed by atoms with Gasteiger partial charge in [0.2, 0.25) is 0 Å². The third-order valence-electron chi connectivity index (χ3n) is 3.34. The summed E-state index contributed by atoms with van der Waals surface area (Å²) in [7, 11) is 0. The molecule has 26 heavy (non-hydrogen) atoms. The quantitative estimate of drug-likeness (QED) is 0.399. The number of amides is 2. The molecular weight excluding hydrogens is 464 g/mol. The first-order valence-corrected chi connectivity index (χ1v) is 9.16. The van der Waals surface area contributed by atoms with E-state index in [-0.39, 0.29) is 0 Å². The molecule has 0 heterocycles. The Morgan fingerprint density at radius 3 is 1.50 bits per heavy atom. The topological polar surface area (TPSA) is 82.9 Å². The lowest BCUT2D eigenvalue weighted by Gasteiger charge is -2.04. The van der Waals surface area contributed by atoms with Gasteiger partial charge in [-0.2, -0.15) is 10.2 Å². The van der Waals surface area contributed by atoms with Crippen LogP contribution in [0.3, 0.4) is 0 Å². The zero-order chi connectivity index (χ0) is 19.1. The minimum Gasteiger partial charge on any atom is -0.262 e. The highest BCUT2D eigenvalue weighted by Crippen LogP contribution is 2.13. The Labute approximate surface area is 168 Å². The van der Waals surface area contributed by atoms with E-state index < -0.39 is 11.8 Å². The lowest BCUT2D eigenvalue weighted by Crippen LogP contribution is -2.36. The van der Waals surface area contributed by atoms with E-state index in [0.29, 0.717) is 11.4 Å².